The van der Waals surface area contributed by atoms with Gasteiger partial charge in [-0.25, -0.2) is 0 Å². The lowest BCUT2D eigenvalue weighted by Crippen LogP contribution is -2.44. The fourth-order valence-corrected chi connectivity index (χ4v) is 3.29. The van der Waals surface area contributed by atoms with Gasteiger partial charge in [-0.2, -0.15) is 0 Å². The van der Waals surface area contributed by atoms with Gasteiger partial charge in [0.15, 0.2) is 0 Å². The molecule has 92 valence electrons. The lowest BCUT2D eigenvalue weighted by molar-refractivity contribution is -0.145. The molecular formula is C14H24O2. The van der Waals surface area contributed by atoms with Crippen LogP contribution in [-0.4, -0.2) is 18.0 Å². The van der Waals surface area contributed by atoms with Gasteiger partial charge in [0.1, 0.15) is 5.78 Å². The Morgan fingerprint density at radius 2 is 1.94 bits per heavy atom. The maximum Gasteiger partial charge on any atom is 0.138 e. The van der Waals surface area contributed by atoms with E-state index in [9.17, 15) is 4.79 Å². The number of ketones is 1. The lowest BCUT2D eigenvalue weighted by atomic mass is 9.74. The van der Waals surface area contributed by atoms with Crippen LogP contribution in [0.25, 0.3) is 0 Å². The zero-order valence-electron chi connectivity index (χ0n) is 10.6. The van der Waals surface area contributed by atoms with E-state index in [1.54, 1.807) is 0 Å². The van der Waals surface area contributed by atoms with Gasteiger partial charge in [0.2, 0.25) is 0 Å². The molecule has 2 aliphatic rings. The summed E-state index contributed by atoms with van der Waals surface area (Å²) >= 11 is 0. The quantitative estimate of drug-likeness (QED) is 0.719. The first-order valence-electron chi connectivity index (χ1n) is 6.81. The molecular weight excluding hydrogens is 200 g/mol. The number of Topliss-reactive ketones (excluding diaryl/α,β-unsaturated/α-hetero) is 1. The molecule has 1 heterocycles. The molecule has 0 aromatic heterocycles. The second-order valence-corrected chi connectivity index (χ2v) is 5.84. The topological polar surface area (TPSA) is 26.3 Å². The third-order valence-electron chi connectivity index (χ3n) is 4.23. The van der Waals surface area contributed by atoms with E-state index < -0.39 is 0 Å². The molecule has 0 bridgehead atoms. The highest BCUT2D eigenvalue weighted by molar-refractivity contribution is 5.82. The van der Waals surface area contributed by atoms with Gasteiger partial charge in [-0.3, -0.25) is 4.79 Å². The van der Waals surface area contributed by atoms with Crippen molar-refractivity contribution in [1.29, 1.82) is 0 Å². The second kappa shape index (κ2) is 4.87. The Kier molecular flexibility index (Phi) is 3.68. The highest BCUT2D eigenvalue weighted by Gasteiger charge is 2.40. The molecule has 0 radical (unpaired) electrons. The van der Waals surface area contributed by atoms with Gasteiger partial charge in [-0.1, -0.05) is 33.1 Å². The molecule has 2 heteroatoms. The van der Waals surface area contributed by atoms with Crippen LogP contribution in [0.1, 0.15) is 58.8 Å². The molecule has 2 fully saturated rings. The zero-order chi connectivity index (χ0) is 11.6. The minimum atomic E-state index is 0.0751. The summed E-state index contributed by atoms with van der Waals surface area (Å²) < 4.78 is 6.01. The molecule has 0 aromatic carbocycles. The number of rotatable bonds is 2. The van der Waals surface area contributed by atoms with E-state index in [-0.39, 0.29) is 17.4 Å². The first kappa shape index (κ1) is 12.1. The molecule has 0 aromatic rings. The van der Waals surface area contributed by atoms with Crippen LogP contribution in [-0.2, 0) is 9.53 Å². The molecule has 1 saturated heterocycles. The van der Waals surface area contributed by atoms with E-state index >= 15 is 0 Å². The zero-order valence-corrected chi connectivity index (χ0v) is 10.6. The van der Waals surface area contributed by atoms with Crippen LogP contribution >= 0.6 is 0 Å². The van der Waals surface area contributed by atoms with Gasteiger partial charge in [-0.15, -0.1) is 0 Å². The number of carbonyl (C=O) groups excluding carboxylic acids is 1. The molecule has 1 aliphatic heterocycles. The summed E-state index contributed by atoms with van der Waals surface area (Å²) in [5.74, 6) is 0.906. The van der Waals surface area contributed by atoms with Gasteiger partial charge in [0.05, 0.1) is 5.60 Å². The third-order valence-corrected chi connectivity index (χ3v) is 4.23. The van der Waals surface area contributed by atoms with E-state index in [0.29, 0.717) is 5.78 Å². The summed E-state index contributed by atoms with van der Waals surface area (Å²) in [6, 6.07) is 0. The molecule has 1 unspecified atom stereocenters. The van der Waals surface area contributed by atoms with Crippen molar-refractivity contribution in [2.75, 3.05) is 6.61 Å². The van der Waals surface area contributed by atoms with E-state index in [4.69, 9.17) is 4.74 Å². The van der Waals surface area contributed by atoms with E-state index in [2.05, 4.69) is 0 Å². The molecule has 1 spiro atoms. The predicted molar refractivity (Wildman–Crippen MR) is 64.3 cm³/mol. The van der Waals surface area contributed by atoms with Crippen molar-refractivity contribution in [3.63, 3.8) is 0 Å². The number of carbonyl (C=O) groups is 1. The summed E-state index contributed by atoms with van der Waals surface area (Å²) in [6.07, 6.45) is 8.19. The molecule has 1 atom stereocenters. The van der Waals surface area contributed by atoms with Crippen molar-refractivity contribution in [3.8, 4) is 0 Å². The van der Waals surface area contributed by atoms with Gasteiger partial charge in [0.25, 0.3) is 0 Å². The van der Waals surface area contributed by atoms with Gasteiger partial charge >= 0.3 is 0 Å². The smallest absolute Gasteiger partial charge is 0.138 e. The van der Waals surface area contributed by atoms with E-state index in [0.717, 1.165) is 19.4 Å². The van der Waals surface area contributed by atoms with E-state index in [1.165, 1.54) is 32.1 Å². The number of ether oxygens (including phenoxy) is 1. The molecule has 16 heavy (non-hydrogen) atoms. The Labute approximate surface area is 98.7 Å². The van der Waals surface area contributed by atoms with Crippen molar-refractivity contribution in [2.24, 2.45) is 11.8 Å². The third kappa shape index (κ3) is 2.48. The Hall–Kier alpha value is -0.370. The Balaban J connectivity index is 2.00. The van der Waals surface area contributed by atoms with Crippen molar-refractivity contribution in [3.05, 3.63) is 0 Å². The van der Waals surface area contributed by atoms with Crippen LogP contribution in [0.4, 0.5) is 0 Å². The highest BCUT2D eigenvalue weighted by Crippen LogP contribution is 2.41. The summed E-state index contributed by atoms with van der Waals surface area (Å²) in [4.78, 5) is 12.1. The summed E-state index contributed by atoms with van der Waals surface area (Å²) in [6.45, 7) is 4.83. The van der Waals surface area contributed by atoms with Gasteiger partial charge in [-0.05, 0) is 25.7 Å². The van der Waals surface area contributed by atoms with Crippen molar-refractivity contribution < 1.29 is 9.53 Å². The lowest BCUT2D eigenvalue weighted by Gasteiger charge is -2.43. The maximum atomic E-state index is 12.1. The van der Waals surface area contributed by atoms with Gasteiger partial charge < -0.3 is 4.74 Å². The SMILES string of the molecule is CC(C)C(=O)C1CCOC2(CCCCC2)C1. The standard InChI is InChI=1S/C14H24O2/c1-11(2)13(15)12-6-9-16-14(10-12)7-4-3-5-8-14/h11-12H,3-10H2,1-2H3. The highest BCUT2D eigenvalue weighted by atomic mass is 16.5. The Bertz CT molecular complexity index is 246. The van der Waals surface area contributed by atoms with Crippen molar-refractivity contribution >= 4 is 5.78 Å². The predicted octanol–water partition coefficient (Wildman–Crippen LogP) is 3.34. The van der Waals surface area contributed by atoms with Crippen LogP contribution in [0, 0.1) is 11.8 Å². The van der Waals surface area contributed by atoms with Crippen molar-refractivity contribution in [1.82, 2.24) is 0 Å². The molecule has 2 rings (SSSR count). The molecule has 1 aliphatic carbocycles. The normalized spacial score (nSPS) is 29.6. The van der Waals surface area contributed by atoms with Crippen LogP contribution in [0.2, 0.25) is 0 Å². The second-order valence-electron chi connectivity index (χ2n) is 5.84. The fraction of sp³-hybridized carbons (Fsp3) is 0.929. The average molecular weight is 224 g/mol. The van der Waals surface area contributed by atoms with Crippen LogP contribution < -0.4 is 0 Å². The molecule has 0 N–H and O–H groups in total. The first-order chi connectivity index (χ1) is 7.63. The molecule has 2 nitrogen and oxygen atoms in total. The average Bonchev–Trinajstić information content (AvgIpc) is 2.29. The number of hydrogen-bond acceptors (Lipinski definition) is 2. The summed E-state index contributed by atoms with van der Waals surface area (Å²) in [5, 5.41) is 0. The number of hydrogen-bond donors (Lipinski definition) is 0. The van der Waals surface area contributed by atoms with Crippen molar-refractivity contribution in [2.45, 2.75) is 64.4 Å². The molecule has 1 saturated carbocycles. The summed E-state index contributed by atoms with van der Waals surface area (Å²) in [7, 11) is 0. The van der Waals surface area contributed by atoms with Crippen LogP contribution in [0.5, 0.6) is 0 Å². The first-order valence-corrected chi connectivity index (χ1v) is 6.81. The minimum absolute atomic E-state index is 0.0751. The minimum Gasteiger partial charge on any atom is -0.375 e. The molecule has 0 amide bonds. The van der Waals surface area contributed by atoms with Crippen LogP contribution in [0.3, 0.4) is 0 Å². The Morgan fingerprint density at radius 1 is 1.25 bits per heavy atom. The fourth-order valence-electron chi connectivity index (χ4n) is 3.29. The van der Waals surface area contributed by atoms with E-state index in [1.807, 2.05) is 13.8 Å². The summed E-state index contributed by atoms with van der Waals surface area (Å²) in [5.41, 5.74) is 0.0751. The Morgan fingerprint density at radius 3 is 2.56 bits per heavy atom. The van der Waals surface area contributed by atoms with Gasteiger partial charge in [0, 0.05) is 18.4 Å². The monoisotopic (exact) mass is 224 g/mol. The van der Waals surface area contributed by atoms with Crippen LogP contribution in [0.15, 0.2) is 0 Å². The maximum absolute atomic E-state index is 12.1. The largest absolute Gasteiger partial charge is 0.375 e.